The van der Waals surface area contributed by atoms with Crippen molar-refractivity contribution in [2.75, 3.05) is 0 Å². The molecule has 2 aromatic rings. The maximum atomic E-state index is 12.2. The topological polar surface area (TPSA) is 55.0 Å². The van der Waals surface area contributed by atoms with E-state index in [1.165, 1.54) is 5.56 Å². The number of hydrogen-bond donors (Lipinski definition) is 0. The van der Waals surface area contributed by atoms with Crippen molar-refractivity contribution in [2.24, 2.45) is 0 Å². The molecule has 1 aliphatic rings. The normalized spacial score (nSPS) is 16.3. The van der Waals surface area contributed by atoms with Crippen LogP contribution < -0.4 is 10.3 Å². The lowest BCUT2D eigenvalue weighted by Crippen LogP contribution is -2.31. The molecule has 4 nitrogen and oxygen atoms in total. The van der Waals surface area contributed by atoms with Crippen molar-refractivity contribution >= 4 is 0 Å². The van der Waals surface area contributed by atoms with Crippen molar-refractivity contribution in [3.05, 3.63) is 63.6 Å². The first-order valence-electron chi connectivity index (χ1n) is 6.54. The summed E-state index contributed by atoms with van der Waals surface area (Å²) in [5.41, 5.74) is 1.94. The van der Waals surface area contributed by atoms with Gasteiger partial charge in [0, 0.05) is 12.1 Å². The Morgan fingerprint density at radius 2 is 2.15 bits per heavy atom. The second-order valence-corrected chi connectivity index (χ2v) is 4.97. The van der Waals surface area contributed by atoms with Crippen LogP contribution in [0.1, 0.15) is 16.8 Å². The number of fused-ring (bicyclic) bond motifs is 1. The Balaban J connectivity index is 1.88. The Labute approximate surface area is 116 Å². The first-order chi connectivity index (χ1) is 9.69. The Kier molecular flexibility index (Phi) is 3.03. The molecular weight excluding hydrogens is 252 g/mol. The third-order valence-corrected chi connectivity index (χ3v) is 3.61. The fourth-order valence-corrected chi connectivity index (χ4v) is 2.54. The Morgan fingerprint density at radius 3 is 2.90 bits per heavy atom. The highest BCUT2D eigenvalue weighted by atomic mass is 16.5. The van der Waals surface area contributed by atoms with E-state index in [0.29, 0.717) is 6.54 Å². The zero-order valence-electron chi connectivity index (χ0n) is 11.2. The van der Waals surface area contributed by atoms with Gasteiger partial charge in [0.2, 0.25) is 0 Å². The predicted molar refractivity (Wildman–Crippen MR) is 74.7 cm³/mol. The molecule has 1 unspecified atom stereocenters. The van der Waals surface area contributed by atoms with E-state index in [1.54, 1.807) is 16.7 Å². The first-order valence-corrected chi connectivity index (χ1v) is 6.54. The lowest BCUT2D eigenvalue weighted by molar-refractivity contribution is 0.206. The minimum Gasteiger partial charge on any atom is -0.488 e. The summed E-state index contributed by atoms with van der Waals surface area (Å²) in [6, 6.07) is 13.2. The molecule has 0 saturated carbocycles. The second-order valence-electron chi connectivity index (χ2n) is 4.97. The van der Waals surface area contributed by atoms with E-state index in [-0.39, 0.29) is 17.2 Å². The molecule has 1 aliphatic heterocycles. The van der Waals surface area contributed by atoms with E-state index < -0.39 is 0 Å². The van der Waals surface area contributed by atoms with Gasteiger partial charge in [0.25, 0.3) is 5.56 Å². The van der Waals surface area contributed by atoms with E-state index >= 15 is 0 Å². The molecule has 3 rings (SSSR count). The number of aryl methyl sites for hydroxylation is 1. The molecule has 0 amide bonds. The van der Waals surface area contributed by atoms with E-state index in [0.717, 1.165) is 17.9 Å². The molecule has 0 radical (unpaired) electrons. The van der Waals surface area contributed by atoms with Crippen molar-refractivity contribution in [1.29, 1.82) is 5.26 Å². The maximum Gasteiger partial charge on any atom is 0.268 e. The summed E-state index contributed by atoms with van der Waals surface area (Å²) in [4.78, 5) is 12.2. The van der Waals surface area contributed by atoms with Crippen LogP contribution in [0, 0.1) is 18.3 Å². The van der Waals surface area contributed by atoms with Gasteiger partial charge >= 0.3 is 0 Å². The number of hydrogen-bond acceptors (Lipinski definition) is 3. The summed E-state index contributed by atoms with van der Waals surface area (Å²) in [5, 5.41) is 8.94. The van der Waals surface area contributed by atoms with E-state index in [2.05, 4.69) is 0 Å². The molecule has 0 saturated heterocycles. The summed E-state index contributed by atoms with van der Waals surface area (Å²) in [6.45, 7) is 2.33. The fourth-order valence-electron chi connectivity index (χ4n) is 2.54. The van der Waals surface area contributed by atoms with Gasteiger partial charge in [-0.05, 0) is 30.7 Å². The minimum atomic E-state index is -0.243. The van der Waals surface area contributed by atoms with Crippen LogP contribution in [0.5, 0.6) is 5.75 Å². The highest BCUT2D eigenvalue weighted by molar-refractivity contribution is 5.37. The van der Waals surface area contributed by atoms with E-state index in [1.807, 2.05) is 37.3 Å². The van der Waals surface area contributed by atoms with Crippen LogP contribution in [-0.2, 0) is 13.0 Å². The molecule has 1 atom stereocenters. The average molecular weight is 266 g/mol. The van der Waals surface area contributed by atoms with Crippen molar-refractivity contribution < 1.29 is 4.74 Å². The minimum absolute atomic E-state index is 0.0576. The zero-order valence-corrected chi connectivity index (χ0v) is 11.2. The summed E-state index contributed by atoms with van der Waals surface area (Å²) < 4.78 is 7.47. The molecule has 2 heterocycles. The SMILES string of the molecule is Cc1ccc(C#N)c(=O)n1CC1Cc2ccccc2O1. The van der Waals surface area contributed by atoms with Gasteiger partial charge in [-0.3, -0.25) is 4.79 Å². The van der Waals surface area contributed by atoms with Crippen molar-refractivity contribution in [3.63, 3.8) is 0 Å². The average Bonchev–Trinajstić information content (AvgIpc) is 2.86. The lowest BCUT2D eigenvalue weighted by atomic mass is 10.1. The van der Waals surface area contributed by atoms with Crippen LogP contribution in [-0.4, -0.2) is 10.7 Å². The number of para-hydroxylation sites is 1. The van der Waals surface area contributed by atoms with Gasteiger partial charge in [-0.2, -0.15) is 5.26 Å². The summed E-state index contributed by atoms with van der Waals surface area (Å²) in [6.07, 6.45) is 0.733. The maximum absolute atomic E-state index is 12.2. The fraction of sp³-hybridized carbons (Fsp3) is 0.250. The molecule has 0 spiro atoms. The highest BCUT2D eigenvalue weighted by Crippen LogP contribution is 2.28. The predicted octanol–water partition coefficient (Wildman–Crippen LogP) is 2.03. The Morgan fingerprint density at radius 1 is 1.35 bits per heavy atom. The molecule has 0 aliphatic carbocycles. The van der Waals surface area contributed by atoms with Crippen molar-refractivity contribution in [2.45, 2.75) is 26.0 Å². The second kappa shape index (κ2) is 4.86. The largest absolute Gasteiger partial charge is 0.488 e. The Hall–Kier alpha value is -2.54. The molecule has 0 bridgehead atoms. The van der Waals surface area contributed by atoms with E-state index in [9.17, 15) is 4.79 Å². The molecule has 0 N–H and O–H groups in total. The molecule has 0 fully saturated rings. The standard InChI is InChI=1S/C16H14N2O2/c1-11-6-7-13(9-17)16(19)18(11)10-14-8-12-4-2-3-5-15(12)20-14/h2-7,14H,8,10H2,1H3. The summed E-state index contributed by atoms with van der Waals surface area (Å²) in [7, 11) is 0. The number of ether oxygens (including phenoxy) is 1. The summed E-state index contributed by atoms with van der Waals surface area (Å²) in [5.74, 6) is 0.889. The van der Waals surface area contributed by atoms with E-state index in [4.69, 9.17) is 10.00 Å². The van der Waals surface area contributed by atoms with Gasteiger partial charge in [0.1, 0.15) is 23.5 Å². The molecular formula is C16H14N2O2. The van der Waals surface area contributed by atoms with Crippen LogP contribution in [0.2, 0.25) is 0 Å². The van der Waals surface area contributed by atoms with Crippen LogP contribution in [0.4, 0.5) is 0 Å². The number of nitriles is 1. The monoisotopic (exact) mass is 266 g/mol. The highest BCUT2D eigenvalue weighted by Gasteiger charge is 2.23. The molecule has 1 aromatic carbocycles. The summed E-state index contributed by atoms with van der Waals surface area (Å²) >= 11 is 0. The molecule has 100 valence electrons. The smallest absolute Gasteiger partial charge is 0.268 e. The van der Waals surface area contributed by atoms with Crippen LogP contribution in [0.15, 0.2) is 41.2 Å². The van der Waals surface area contributed by atoms with Gasteiger partial charge < -0.3 is 9.30 Å². The van der Waals surface area contributed by atoms with Crippen LogP contribution in [0.25, 0.3) is 0 Å². The first kappa shape index (κ1) is 12.5. The molecule has 20 heavy (non-hydrogen) atoms. The molecule has 4 heteroatoms. The lowest BCUT2D eigenvalue weighted by Gasteiger charge is -2.15. The Bertz CT molecular complexity index is 731. The molecule has 1 aromatic heterocycles. The van der Waals surface area contributed by atoms with Gasteiger partial charge in [-0.15, -0.1) is 0 Å². The zero-order chi connectivity index (χ0) is 14.1. The number of pyridine rings is 1. The van der Waals surface area contributed by atoms with Gasteiger partial charge in [0.15, 0.2) is 0 Å². The van der Waals surface area contributed by atoms with Gasteiger partial charge in [-0.1, -0.05) is 18.2 Å². The third kappa shape index (κ3) is 2.08. The van der Waals surface area contributed by atoms with Crippen LogP contribution in [0.3, 0.4) is 0 Å². The van der Waals surface area contributed by atoms with Crippen molar-refractivity contribution in [3.8, 4) is 11.8 Å². The van der Waals surface area contributed by atoms with Crippen LogP contribution >= 0.6 is 0 Å². The van der Waals surface area contributed by atoms with Gasteiger partial charge in [0.05, 0.1) is 6.54 Å². The third-order valence-electron chi connectivity index (χ3n) is 3.61. The van der Waals surface area contributed by atoms with Gasteiger partial charge in [-0.25, -0.2) is 0 Å². The number of aromatic nitrogens is 1. The number of benzene rings is 1. The number of nitrogens with zero attached hydrogens (tertiary/aromatic N) is 2. The quantitative estimate of drug-likeness (QED) is 0.835. The number of rotatable bonds is 2. The van der Waals surface area contributed by atoms with Crippen molar-refractivity contribution in [1.82, 2.24) is 4.57 Å².